The zero-order chi connectivity index (χ0) is 6.91. The monoisotopic (exact) mass is 161 g/mol. The fraction of sp³-hybridized carbons (Fsp3) is 0.571. The first-order chi connectivity index (χ1) is 4.19. The topological polar surface area (TPSA) is 17.1 Å². The Balaban J connectivity index is 0.000000810. The highest BCUT2D eigenvalue weighted by atomic mass is 35.5. The first-order valence-electron chi connectivity index (χ1n) is 3.21. The van der Waals surface area contributed by atoms with Crippen molar-refractivity contribution in [1.29, 1.82) is 0 Å². The zero-order valence-electron chi connectivity index (χ0n) is 6.14. The van der Waals surface area contributed by atoms with E-state index in [0.29, 0.717) is 10.4 Å². The van der Waals surface area contributed by atoms with Crippen LogP contribution in [0.1, 0.15) is 12.8 Å². The number of quaternary nitrogens is 1. The van der Waals surface area contributed by atoms with Crippen molar-refractivity contribution in [1.82, 2.24) is 0 Å². The van der Waals surface area contributed by atoms with Crippen LogP contribution in [0.4, 0.5) is 0 Å². The number of hydrogen-bond acceptors (Lipinski definition) is 1. The van der Waals surface area contributed by atoms with Gasteiger partial charge in [-0.2, -0.15) is 0 Å². The maximum Gasteiger partial charge on any atom is 0.318 e. The Kier molecular flexibility index (Phi) is 3.06. The van der Waals surface area contributed by atoms with E-state index in [4.69, 9.17) is 0 Å². The molecule has 1 aliphatic rings. The van der Waals surface area contributed by atoms with Gasteiger partial charge in [0.25, 0.3) is 0 Å². The standard InChI is InChI=1S/C7H12NO.ClH/c1-3-8(2)6-4-5-7(8)9;/h3H,1,4-6H2,2H3;1H/q+1;/p-1. The van der Waals surface area contributed by atoms with Gasteiger partial charge in [-0.15, -0.1) is 0 Å². The van der Waals surface area contributed by atoms with E-state index in [1.807, 2.05) is 7.05 Å². The lowest BCUT2D eigenvalue weighted by molar-refractivity contribution is -0.771. The lowest BCUT2D eigenvalue weighted by Crippen LogP contribution is -3.00. The Morgan fingerprint density at radius 3 is 2.50 bits per heavy atom. The molecule has 2 nitrogen and oxygen atoms in total. The molecule has 58 valence electrons. The molecule has 1 heterocycles. The highest BCUT2D eigenvalue weighted by molar-refractivity contribution is 5.70. The lowest BCUT2D eigenvalue weighted by atomic mass is 10.4. The summed E-state index contributed by atoms with van der Waals surface area (Å²) in [6.07, 6.45) is 3.46. The van der Waals surface area contributed by atoms with E-state index in [2.05, 4.69) is 6.58 Å². The first kappa shape index (κ1) is 9.66. The highest BCUT2D eigenvalue weighted by Crippen LogP contribution is 2.17. The Morgan fingerprint density at radius 2 is 2.30 bits per heavy atom. The van der Waals surface area contributed by atoms with E-state index in [1.54, 1.807) is 6.20 Å². The molecule has 1 atom stereocenters. The van der Waals surface area contributed by atoms with Gasteiger partial charge in [-0.25, -0.2) is 9.28 Å². The van der Waals surface area contributed by atoms with Crippen molar-refractivity contribution in [3.8, 4) is 0 Å². The van der Waals surface area contributed by atoms with Crippen molar-refractivity contribution in [3.05, 3.63) is 12.8 Å². The van der Waals surface area contributed by atoms with Crippen molar-refractivity contribution in [2.75, 3.05) is 13.6 Å². The summed E-state index contributed by atoms with van der Waals surface area (Å²) in [6, 6.07) is 0. The summed E-state index contributed by atoms with van der Waals surface area (Å²) in [5.74, 6) is 0.296. The Labute approximate surface area is 67.5 Å². The van der Waals surface area contributed by atoms with Gasteiger partial charge in [0, 0.05) is 6.42 Å². The molecule has 1 aliphatic heterocycles. The molecule has 1 unspecified atom stereocenters. The maximum absolute atomic E-state index is 11.0. The molecule has 0 aromatic carbocycles. The number of halogens is 1. The van der Waals surface area contributed by atoms with Crippen LogP contribution in [0.25, 0.3) is 0 Å². The fourth-order valence-corrected chi connectivity index (χ4v) is 1.13. The van der Waals surface area contributed by atoms with Crippen LogP contribution in [-0.4, -0.2) is 24.0 Å². The van der Waals surface area contributed by atoms with Gasteiger partial charge < -0.3 is 12.4 Å². The third kappa shape index (κ3) is 1.39. The molecule has 1 amide bonds. The van der Waals surface area contributed by atoms with Crippen molar-refractivity contribution < 1.29 is 21.7 Å². The summed E-state index contributed by atoms with van der Waals surface area (Å²) in [6.45, 7) is 4.55. The molecule has 3 heteroatoms. The molecule has 1 fully saturated rings. The lowest BCUT2D eigenvalue weighted by Gasteiger charge is -2.19. The Morgan fingerprint density at radius 1 is 1.70 bits per heavy atom. The average Bonchev–Trinajstić information content (AvgIpc) is 2.15. The molecule has 1 saturated heterocycles. The SMILES string of the molecule is C=C[N+]1(C)CCCC1=O.[Cl-]. The normalized spacial score (nSPS) is 31.5. The molecule has 10 heavy (non-hydrogen) atoms. The predicted molar refractivity (Wildman–Crippen MR) is 35.5 cm³/mol. The molecule has 0 aromatic heterocycles. The third-order valence-corrected chi connectivity index (χ3v) is 1.99. The molecule has 0 N–H and O–H groups in total. The summed E-state index contributed by atoms with van der Waals surface area (Å²) >= 11 is 0. The molecule has 1 rings (SSSR count). The Hall–Kier alpha value is -0.340. The highest BCUT2D eigenvalue weighted by Gasteiger charge is 2.33. The van der Waals surface area contributed by atoms with Crippen molar-refractivity contribution in [3.63, 3.8) is 0 Å². The van der Waals surface area contributed by atoms with E-state index in [0.717, 1.165) is 19.4 Å². The average molecular weight is 162 g/mol. The number of nitrogens with zero attached hydrogens (tertiary/aromatic N) is 1. The van der Waals surface area contributed by atoms with Gasteiger partial charge in [-0.3, -0.25) is 0 Å². The molecule has 0 radical (unpaired) electrons. The van der Waals surface area contributed by atoms with Crippen LogP contribution in [0.15, 0.2) is 12.8 Å². The van der Waals surface area contributed by atoms with Gasteiger partial charge >= 0.3 is 5.91 Å². The third-order valence-electron chi connectivity index (χ3n) is 1.99. The number of amides is 1. The van der Waals surface area contributed by atoms with Crippen molar-refractivity contribution in [2.45, 2.75) is 12.8 Å². The Bertz CT molecular complexity index is 158. The van der Waals surface area contributed by atoms with Gasteiger partial charge in [-0.1, -0.05) is 0 Å². The van der Waals surface area contributed by atoms with E-state index >= 15 is 0 Å². The van der Waals surface area contributed by atoms with Crippen LogP contribution in [0.3, 0.4) is 0 Å². The van der Waals surface area contributed by atoms with E-state index in [-0.39, 0.29) is 12.4 Å². The summed E-state index contributed by atoms with van der Waals surface area (Å²) in [5.41, 5.74) is 0. The van der Waals surface area contributed by atoms with Gasteiger partial charge in [0.2, 0.25) is 0 Å². The van der Waals surface area contributed by atoms with E-state index in [1.165, 1.54) is 0 Å². The number of carbonyl (C=O) groups is 1. The van der Waals surface area contributed by atoms with Gasteiger partial charge in [-0.05, 0) is 6.58 Å². The summed E-state index contributed by atoms with van der Waals surface area (Å²) in [4.78, 5) is 11.0. The van der Waals surface area contributed by atoms with Crippen LogP contribution < -0.4 is 12.4 Å². The van der Waals surface area contributed by atoms with E-state index in [9.17, 15) is 4.79 Å². The summed E-state index contributed by atoms with van der Waals surface area (Å²) in [7, 11) is 1.91. The minimum atomic E-state index is 0. The summed E-state index contributed by atoms with van der Waals surface area (Å²) < 4.78 is 0.431. The van der Waals surface area contributed by atoms with Crippen LogP contribution >= 0.6 is 0 Å². The van der Waals surface area contributed by atoms with Crippen LogP contribution in [-0.2, 0) is 4.79 Å². The smallest absolute Gasteiger partial charge is 0.318 e. The second-order valence-corrected chi connectivity index (χ2v) is 2.67. The van der Waals surface area contributed by atoms with Crippen molar-refractivity contribution >= 4 is 5.91 Å². The second-order valence-electron chi connectivity index (χ2n) is 2.67. The zero-order valence-corrected chi connectivity index (χ0v) is 6.90. The number of likely N-dealkylation sites (tertiary alicyclic amines) is 1. The minimum Gasteiger partial charge on any atom is -1.00 e. The number of rotatable bonds is 1. The van der Waals surface area contributed by atoms with Crippen molar-refractivity contribution in [2.24, 2.45) is 0 Å². The fourth-order valence-electron chi connectivity index (χ4n) is 1.13. The molecule has 0 aliphatic carbocycles. The molecule has 0 aromatic rings. The van der Waals surface area contributed by atoms with Gasteiger partial charge in [0.15, 0.2) is 0 Å². The maximum atomic E-state index is 11.0. The number of hydrogen-bond donors (Lipinski definition) is 0. The van der Waals surface area contributed by atoms with Crippen LogP contribution in [0.2, 0.25) is 0 Å². The van der Waals surface area contributed by atoms with Crippen LogP contribution in [0, 0.1) is 0 Å². The molecule has 0 saturated carbocycles. The molecular weight excluding hydrogens is 150 g/mol. The van der Waals surface area contributed by atoms with Crippen LogP contribution in [0.5, 0.6) is 0 Å². The second kappa shape index (κ2) is 3.17. The quantitative estimate of drug-likeness (QED) is 0.403. The van der Waals surface area contributed by atoms with Gasteiger partial charge in [0.1, 0.15) is 0 Å². The van der Waals surface area contributed by atoms with Gasteiger partial charge in [0.05, 0.1) is 26.2 Å². The van der Waals surface area contributed by atoms with E-state index < -0.39 is 0 Å². The minimum absolute atomic E-state index is 0. The predicted octanol–water partition coefficient (Wildman–Crippen LogP) is -2.10. The first-order valence-corrected chi connectivity index (χ1v) is 3.21. The largest absolute Gasteiger partial charge is 1.00 e. The molecule has 0 spiro atoms. The summed E-state index contributed by atoms with van der Waals surface area (Å²) in [5, 5.41) is 0. The molecule has 0 bridgehead atoms. The number of carbonyl (C=O) groups excluding carboxylic acids is 1. The molecular formula is C7H12ClNO.